The van der Waals surface area contributed by atoms with Gasteiger partial charge in [-0.1, -0.05) is 39.0 Å². The van der Waals surface area contributed by atoms with Crippen LogP contribution in [0, 0.1) is 11.3 Å². The summed E-state index contributed by atoms with van der Waals surface area (Å²) in [6.07, 6.45) is 2.46. The zero-order valence-corrected chi connectivity index (χ0v) is 13.4. The Morgan fingerprint density at radius 2 is 1.90 bits per heavy atom. The summed E-state index contributed by atoms with van der Waals surface area (Å²) in [7, 11) is 0. The van der Waals surface area contributed by atoms with Gasteiger partial charge in [-0.25, -0.2) is 5.84 Å². The summed E-state index contributed by atoms with van der Waals surface area (Å²) in [4.78, 5) is 14.2. The monoisotopic (exact) mass is 289 g/mol. The van der Waals surface area contributed by atoms with Gasteiger partial charge in [0.1, 0.15) is 0 Å². The van der Waals surface area contributed by atoms with E-state index in [1.165, 1.54) is 12.8 Å². The van der Waals surface area contributed by atoms with E-state index in [0.717, 1.165) is 31.1 Å². The van der Waals surface area contributed by atoms with Gasteiger partial charge >= 0.3 is 0 Å². The number of piperidine rings is 1. The van der Waals surface area contributed by atoms with Gasteiger partial charge < -0.3 is 0 Å². The summed E-state index contributed by atoms with van der Waals surface area (Å²) in [5.41, 5.74) is 4.35. The van der Waals surface area contributed by atoms with Crippen molar-refractivity contribution >= 4 is 5.91 Å². The highest BCUT2D eigenvalue weighted by atomic mass is 16.2. The molecule has 3 N–H and O–H groups in total. The quantitative estimate of drug-likeness (QED) is 0.511. The molecule has 1 heterocycles. The van der Waals surface area contributed by atoms with Crippen molar-refractivity contribution in [2.75, 3.05) is 13.1 Å². The van der Waals surface area contributed by atoms with Gasteiger partial charge in [0.2, 0.25) is 0 Å². The third-order valence-corrected chi connectivity index (χ3v) is 4.60. The van der Waals surface area contributed by atoms with Gasteiger partial charge in [-0.15, -0.1) is 0 Å². The second-order valence-corrected chi connectivity index (χ2v) is 7.05. The van der Waals surface area contributed by atoms with E-state index in [0.29, 0.717) is 11.0 Å². The molecule has 116 valence electrons. The Hall–Kier alpha value is -1.39. The summed E-state index contributed by atoms with van der Waals surface area (Å²) < 4.78 is 0. The molecule has 0 aromatic heterocycles. The van der Waals surface area contributed by atoms with Crippen LogP contribution in [0.25, 0.3) is 0 Å². The molecule has 0 saturated carbocycles. The number of likely N-dealkylation sites (tertiary alicyclic amines) is 1. The number of nitrogens with one attached hydrogen (secondary N) is 1. The molecular weight excluding hydrogens is 262 g/mol. The van der Waals surface area contributed by atoms with Crippen LogP contribution in [-0.2, 0) is 6.54 Å². The largest absolute Gasteiger partial charge is 0.299 e. The minimum Gasteiger partial charge on any atom is -0.299 e. The Kier molecular flexibility index (Phi) is 5.01. The van der Waals surface area contributed by atoms with Crippen molar-refractivity contribution in [2.45, 2.75) is 40.2 Å². The maximum absolute atomic E-state index is 11.8. The normalized spacial score (nSPS) is 17.7. The van der Waals surface area contributed by atoms with E-state index in [-0.39, 0.29) is 5.91 Å². The van der Waals surface area contributed by atoms with Gasteiger partial charge in [0, 0.05) is 12.1 Å². The number of hydrogen-bond acceptors (Lipinski definition) is 3. The van der Waals surface area contributed by atoms with Crippen LogP contribution in [0.3, 0.4) is 0 Å². The third kappa shape index (κ3) is 4.05. The fourth-order valence-corrected chi connectivity index (χ4v) is 3.16. The molecule has 2 rings (SSSR count). The fourth-order valence-electron chi connectivity index (χ4n) is 3.16. The predicted molar refractivity (Wildman–Crippen MR) is 85.6 cm³/mol. The van der Waals surface area contributed by atoms with Crippen LogP contribution in [0.2, 0.25) is 0 Å². The molecule has 1 amide bonds. The smallest absolute Gasteiger partial charge is 0.265 e. The van der Waals surface area contributed by atoms with Gasteiger partial charge in [-0.05, 0) is 48.9 Å². The summed E-state index contributed by atoms with van der Waals surface area (Å²) in [5, 5.41) is 0. The average Bonchev–Trinajstić information content (AvgIpc) is 2.46. The Bertz CT molecular complexity index is 485. The molecule has 4 nitrogen and oxygen atoms in total. The van der Waals surface area contributed by atoms with E-state index in [2.05, 4.69) is 31.1 Å². The van der Waals surface area contributed by atoms with Crippen molar-refractivity contribution in [3.63, 3.8) is 0 Å². The average molecular weight is 289 g/mol. The number of carbonyl (C=O) groups is 1. The number of nitrogens with zero attached hydrogens (tertiary/aromatic N) is 1. The molecule has 1 aromatic rings. The lowest BCUT2D eigenvalue weighted by molar-refractivity contribution is 0.0945. The predicted octanol–water partition coefficient (Wildman–Crippen LogP) is 2.55. The van der Waals surface area contributed by atoms with Crippen LogP contribution in [0.15, 0.2) is 24.3 Å². The van der Waals surface area contributed by atoms with Crippen LogP contribution in [0.4, 0.5) is 0 Å². The standard InChI is InChI=1S/C17H27N3O/c1-17(2,3)14-8-10-20(11-9-14)12-13-6-4-5-7-15(13)16(21)19-18/h4-7,14H,8-12,18H2,1-3H3,(H,19,21). The maximum atomic E-state index is 11.8. The second kappa shape index (κ2) is 6.58. The van der Waals surface area contributed by atoms with Crippen LogP contribution in [0.1, 0.15) is 49.5 Å². The summed E-state index contributed by atoms with van der Waals surface area (Å²) in [5.74, 6) is 5.83. The third-order valence-electron chi connectivity index (χ3n) is 4.60. The molecule has 1 fully saturated rings. The Balaban J connectivity index is 2.00. The number of nitrogen functional groups attached to an aromatic ring is 1. The van der Waals surface area contributed by atoms with Gasteiger partial charge in [0.25, 0.3) is 5.91 Å². The van der Waals surface area contributed by atoms with Crippen molar-refractivity contribution in [3.05, 3.63) is 35.4 Å². The zero-order chi connectivity index (χ0) is 15.5. The summed E-state index contributed by atoms with van der Waals surface area (Å²) >= 11 is 0. The van der Waals surface area contributed by atoms with Crippen molar-refractivity contribution in [1.29, 1.82) is 0 Å². The molecule has 1 saturated heterocycles. The topological polar surface area (TPSA) is 58.4 Å². The van der Waals surface area contributed by atoms with E-state index >= 15 is 0 Å². The van der Waals surface area contributed by atoms with Crippen LogP contribution in [0.5, 0.6) is 0 Å². The van der Waals surface area contributed by atoms with Crippen molar-refractivity contribution < 1.29 is 4.79 Å². The fraction of sp³-hybridized carbons (Fsp3) is 0.588. The first kappa shape index (κ1) is 16.0. The molecule has 0 atom stereocenters. The van der Waals surface area contributed by atoms with E-state index < -0.39 is 0 Å². The first-order valence-electron chi connectivity index (χ1n) is 7.73. The summed E-state index contributed by atoms with van der Waals surface area (Å²) in [6, 6.07) is 7.70. The molecular formula is C17H27N3O. The van der Waals surface area contributed by atoms with E-state index in [9.17, 15) is 4.79 Å². The van der Waals surface area contributed by atoms with Crippen LogP contribution < -0.4 is 11.3 Å². The highest BCUT2D eigenvalue weighted by Gasteiger charge is 2.28. The van der Waals surface area contributed by atoms with Crippen LogP contribution >= 0.6 is 0 Å². The van der Waals surface area contributed by atoms with E-state index in [1.807, 2.05) is 24.3 Å². The first-order chi connectivity index (χ1) is 9.91. The van der Waals surface area contributed by atoms with Gasteiger partial charge in [-0.2, -0.15) is 0 Å². The lowest BCUT2D eigenvalue weighted by Crippen LogP contribution is -2.38. The van der Waals surface area contributed by atoms with E-state index in [4.69, 9.17) is 5.84 Å². The van der Waals surface area contributed by atoms with Gasteiger partial charge in [0.15, 0.2) is 0 Å². The molecule has 21 heavy (non-hydrogen) atoms. The SMILES string of the molecule is CC(C)(C)C1CCN(Cc2ccccc2C(=O)NN)CC1. The Morgan fingerprint density at radius 1 is 1.29 bits per heavy atom. The zero-order valence-electron chi connectivity index (χ0n) is 13.4. The molecule has 1 aromatic carbocycles. The first-order valence-corrected chi connectivity index (χ1v) is 7.73. The number of benzene rings is 1. The highest BCUT2D eigenvalue weighted by molar-refractivity contribution is 5.95. The molecule has 0 bridgehead atoms. The lowest BCUT2D eigenvalue weighted by Gasteiger charge is -2.39. The number of hydrogen-bond donors (Lipinski definition) is 2. The van der Waals surface area contributed by atoms with Gasteiger partial charge in [0.05, 0.1) is 0 Å². The lowest BCUT2D eigenvalue weighted by atomic mass is 9.75. The Labute approximate surface area is 127 Å². The molecule has 0 unspecified atom stereocenters. The van der Waals surface area contributed by atoms with Crippen molar-refractivity contribution in [3.8, 4) is 0 Å². The number of hydrazine groups is 1. The molecule has 0 radical (unpaired) electrons. The molecule has 4 heteroatoms. The number of rotatable bonds is 3. The molecule has 0 spiro atoms. The molecule has 1 aliphatic rings. The summed E-state index contributed by atoms with van der Waals surface area (Å²) in [6.45, 7) is 10.00. The Morgan fingerprint density at radius 3 is 2.48 bits per heavy atom. The minimum atomic E-state index is -0.213. The number of amides is 1. The highest BCUT2D eigenvalue weighted by Crippen LogP contribution is 2.34. The number of nitrogens with two attached hydrogens (primary N) is 1. The maximum Gasteiger partial charge on any atom is 0.265 e. The van der Waals surface area contributed by atoms with Crippen molar-refractivity contribution in [2.24, 2.45) is 17.2 Å². The second-order valence-electron chi connectivity index (χ2n) is 7.05. The molecule has 1 aliphatic heterocycles. The van der Waals surface area contributed by atoms with Gasteiger partial charge in [-0.3, -0.25) is 15.1 Å². The minimum absolute atomic E-state index is 0.213. The number of carbonyl (C=O) groups excluding carboxylic acids is 1. The molecule has 0 aliphatic carbocycles. The van der Waals surface area contributed by atoms with E-state index in [1.54, 1.807) is 0 Å². The van der Waals surface area contributed by atoms with Crippen molar-refractivity contribution in [1.82, 2.24) is 10.3 Å². The van der Waals surface area contributed by atoms with Crippen LogP contribution in [-0.4, -0.2) is 23.9 Å².